The number of nitrogens with one attached hydrogen (secondary N) is 1. The molecule has 2 fully saturated rings. The maximum Gasteiger partial charge on any atom is 0.272 e. The number of nitrogens with zero attached hydrogens (tertiary/aromatic N) is 2. The van der Waals surface area contributed by atoms with Gasteiger partial charge in [0.2, 0.25) is 5.91 Å². The molecule has 30 heavy (non-hydrogen) atoms. The van der Waals surface area contributed by atoms with E-state index in [1.807, 2.05) is 37.3 Å². The Balaban J connectivity index is 1.41. The molecule has 0 aliphatic carbocycles. The second-order valence-corrected chi connectivity index (χ2v) is 8.56. The van der Waals surface area contributed by atoms with Gasteiger partial charge in [-0.2, -0.15) is 5.10 Å². The smallest absolute Gasteiger partial charge is 0.272 e. The van der Waals surface area contributed by atoms with Crippen molar-refractivity contribution in [3.8, 4) is 0 Å². The third-order valence-electron chi connectivity index (χ3n) is 6.84. The fraction of sp³-hybridized carbons (Fsp3) is 0.375. The maximum atomic E-state index is 13.5. The lowest BCUT2D eigenvalue weighted by Gasteiger charge is -2.40. The van der Waals surface area contributed by atoms with Crippen molar-refractivity contribution >= 4 is 16.7 Å². The van der Waals surface area contributed by atoms with Crippen LogP contribution >= 0.6 is 0 Å². The van der Waals surface area contributed by atoms with Gasteiger partial charge in [0.25, 0.3) is 5.56 Å². The molecule has 1 N–H and O–H groups in total. The normalized spacial score (nSPS) is 24.2. The van der Waals surface area contributed by atoms with Crippen LogP contribution in [0.1, 0.15) is 55.7 Å². The second-order valence-electron chi connectivity index (χ2n) is 8.56. The summed E-state index contributed by atoms with van der Waals surface area (Å²) in [5.41, 5.74) is 1.53. The molecule has 0 spiro atoms. The molecule has 0 saturated carbocycles. The summed E-state index contributed by atoms with van der Waals surface area (Å²) in [7, 11) is 0. The molecule has 5 nitrogen and oxygen atoms in total. The highest BCUT2D eigenvalue weighted by Gasteiger charge is 2.45. The van der Waals surface area contributed by atoms with Gasteiger partial charge in [-0.25, -0.2) is 9.49 Å². The molecule has 2 bridgehead atoms. The number of fused-ring (bicyclic) bond motifs is 3. The zero-order valence-electron chi connectivity index (χ0n) is 16.8. The number of piperidine rings is 1. The van der Waals surface area contributed by atoms with E-state index in [9.17, 15) is 14.0 Å². The first-order valence-corrected chi connectivity index (χ1v) is 10.6. The molecule has 2 aliphatic heterocycles. The molecule has 154 valence electrons. The van der Waals surface area contributed by atoms with Crippen LogP contribution in [0.4, 0.5) is 4.39 Å². The van der Waals surface area contributed by atoms with E-state index < -0.39 is 5.92 Å². The van der Waals surface area contributed by atoms with Gasteiger partial charge in [0.15, 0.2) is 0 Å². The Morgan fingerprint density at radius 2 is 1.70 bits per heavy atom. The molecule has 2 aromatic carbocycles. The van der Waals surface area contributed by atoms with Crippen LogP contribution in [-0.2, 0) is 4.79 Å². The first kappa shape index (κ1) is 19.0. The first-order valence-electron chi connectivity index (χ1n) is 10.6. The van der Waals surface area contributed by atoms with Crippen LogP contribution in [0, 0.1) is 5.82 Å². The van der Waals surface area contributed by atoms with Crippen LogP contribution in [0.2, 0.25) is 0 Å². The molecule has 3 heterocycles. The van der Waals surface area contributed by atoms with Crippen LogP contribution < -0.4 is 5.56 Å². The monoisotopic (exact) mass is 405 g/mol. The Hall–Kier alpha value is -3.02. The van der Waals surface area contributed by atoms with Crippen LogP contribution in [0.15, 0.2) is 53.3 Å². The van der Waals surface area contributed by atoms with Gasteiger partial charge >= 0.3 is 0 Å². The molecule has 0 radical (unpaired) electrons. The quantitative estimate of drug-likeness (QED) is 0.713. The molecular weight excluding hydrogens is 381 g/mol. The van der Waals surface area contributed by atoms with E-state index in [1.54, 1.807) is 6.07 Å². The molecule has 4 atom stereocenters. The molecular formula is C24H24FN3O2. The number of H-pyrrole nitrogens is 1. The summed E-state index contributed by atoms with van der Waals surface area (Å²) in [6, 6.07) is 14.5. The fourth-order valence-electron chi connectivity index (χ4n) is 5.35. The Labute approximate surface area is 173 Å². The van der Waals surface area contributed by atoms with E-state index in [0.29, 0.717) is 17.0 Å². The number of hydrogen-bond donors (Lipinski definition) is 1. The number of carbonyl (C=O) groups excluding carboxylic acids is 1. The minimum atomic E-state index is -0.433. The van der Waals surface area contributed by atoms with Crippen LogP contribution in [0.3, 0.4) is 0 Å². The largest absolute Gasteiger partial charge is 0.336 e. The number of aromatic nitrogens is 2. The number of aromatic amines is 1. The van der Waals surface area contributed by atoms with Gasteiger partial charge in [0, 0.05) is 17.5 Å². The van der Waals surface area contributed by atoms with Crippen molar-refractivity contribution in [2.45, 2.75) is 56.5 Å². The first-order chi connectivity index (χ1) is 14.5. The van der Waals surface area contributed by atoms with Crippen molar-refractivity contribution in [2.24, 2.45) is 0 Å². The summed E-state index contributed by atoms with van der Waals surface area (Å²) >= 11 is 0. The van der Waals surface area contributed by atoms with Crippen molar-refractivity contribution in [2.75, 3.05) is 0 Å². The van der Waals surface area contributed by atoms with E-state index >= 15 is 0 Å². The fourth-order valence-corrected chi connectivity index (χ4v) is 5.35. The Morgan fingerprint density at radius 3 is 2.37 bits per heavy atom. The molecule has 1 unspecified atom stereocenters. The van der Waals surface area contributed by atoms with E-state index in [2.05, 4.69) is 15.1 Å². The average molecular weight is 405 g/mol. The molecule has 2 saturated heterocycles. The Bertz CT molecular complexity index is 1140. The topological polar surface area (TPSA) is 66.1 Å². The number of hydrogen-bond acceptors (Lipinski definition) is 3. The molecule has 1 amide bonds. The minimum absolute atomic E-state index is 0.0739. The third kappa shape index (κ3) is 3.11. The lowest BCUT2D eigenvalue weighted by Crippen LogP contribution is -2.47. The molecule has 2 aliphatic rings. The number of amides is 1. The van der Waals surface area contributed by atoms with Gasteiger partial charge < -0.3 is 4.90 Å². The van der Waals surface area contributed by atoms with Crippen molar-refractivity contribution in [3.63, 3.8) is 0 Å². The van der Waals surface area contributed by atoms with Crippen LogP contribution in [-0.4, -0.2) is 33.1 Å². The van der Waals surface area contributed by atoms with Crippen LogP contribution in [0.5, 0.6) is 0 Å². The van der Waals surface area contributed by atoms with Crippen molar-refractivity contribution in [1.82, 2.24) is 15.1 Å². The Morgan fingerprint density at radius 1 is 1.07 bits per heavy atom. The highest BCUT2D eigenvalue weighted by atomic mass is 19.1. The van der Waals surface area contributed by atoms with Crippen LogP contribution in [0.25, 0.3) is 10.8 Å². The lowest BCUT2D eigenvalue weighted by atomic mass is 9.84. The maximum absolute atomic E-state index is 13.5. The average Bonchev–Trinajstić information content (AvgIpc) is 3.03. The van der Waals surface area contributed by atoms with Crippen molar-refractivity contribution in [3.05, 3.63) is 76.0 Å². The molecule has 3 aromatic rings. The van der Waals surface area contributed by atoms with Gasteiger partial charge in [0.1, 0.15) is 5.82 Å². The predicted octanol–water partition coefficient (Wildman–Crippen LogP) is 4.10. The van der Waals surface area contributed by atoms with E-state index in [1.165, 1.54) is 12.1 Å². The number of halogens is 1. The molecule has 6 heteroatoms. The zero-order valence-corrected chi connectivity index (χ0v) is 16.8. The standard InChI is InChI=1S/C24H24FN3O2/c1-14(22-20-4-2-3-5-21(20)23(29)27-26-22)24(30)28-18-10-11-19(28)13-16(12-18)15-6-8-17(25)9-7-15/h2-9,14,16,18-19H,10-13H2,1H3,(H,27,29)/t14-,16?,18-,19+/m0/s1. The highest BCUT2D eigenvalue weighted by molar-refractivity contribution is 5.91. The Kier molecular flexibility index (Phi) is 4.65. The summed E-state index contributed by atoms with van der Waals surface area (Å²) in [6.45, 7) is 1.88. The summed E-state index contributed by atoms with van der Waals surface area (Å²) in [5.74, 6) is -0.222. The number of carbonyl (C=O) groups is 1. The van der Waals surface area contributed by atoms with Gasteiger partial charge in [-0.3, -0.25) is 9.59 Å². The van der Waals surface area contributed by atoms with E-state index in [4.69, 9.17) is 0 Å². The van der Waals surface area contributed by atoms with Gasteiger partial charge in [-0.1, -0.05) is 30.3 Å². The third-order valence-corrected chi connectivity index (χ3v) is 6.84. The van der Waals surface area contributed by atoms with Crippen molar-refractivity contribution < 1.29 is 9.18 Å². The van der Waals surface area contributed by atoms with E-state index in [-0.39, 0.29) is 29.4 Å². The summed E-state index contributed by atoms with van der Waals surface area (Å²) < 4.78 is 13.3. The molecule has 5 rings (SSSR count). The lowest BCUT2D eigenvalue weighted by molar-refractivity contribution is -0.137. The SMILES string of the molecule is C[C@H](C(=O)N1[C@@H]2CC[C@H]1CC(c1ccc(F)cc1)C2)c1n[nH]c(=O)c2ccccc12. The van der Waals surface area contributed by atoms with Gasteiger partial charge in [-0.05, 0) is 62.3 Å². The minimum Gasteiger partial charge on any atom is -0.336 e. The summed E-state index contributed by atoms with van der Waals surface area (Å²) in [5, 5.41) is 8.08. The predicted molar refractivity (Wildman–Crippen MR) is 113 cm³/mol. The molecule has 1 aromatic heterocycles. The number of rotatable bonds is 3. The summed E-state index contributed by atoms with van der Waals surface area (Å²) in [6.07, 6.45) is 3.81. The highest BCUT2D eigenvalue weighted by Crippen LogP contribution is 2.44. The summed E-state index contributed by atoms with van der Waals surface area (Å²) in [4.78, 5) is 27.7. The zero-order chi connectivity index (χ0) is 20.8. The van der Waals surface area contributed by atoms with Crippen molar-refractivity contribution in [1.29, 1.82) is 0 Å². The van der Waals surface area contributed by atoms with Gasteiger partial charge in [-0.15, -0.1) is 0 Å². The second kappa shape index (κ2) is 7.35. The van der Waals surface area contributed by atoms with E-state index in [0.717, 1.165) is 36.6 Å². The number of benzene rings is 2. The van der Waals surface area contributed by atoms with Gasteiger partial charge in [0.05, 0.1) is 17.0 Å².